The highest BCUT2D eigenvalue weighted by Crippen LogP contribution is 2.19. The van der Waals surface area contributed by atoms with Crippen molar-refractivity contribution in [3.63, 3.8) is 0 Å². The molecule has 0 bridgehead atoms. The van der Waals surface area contributed by atoms with Crippen LogP contribution in [-0.4, -0.2) is 27.6 Å². The molecule has 0 spiro atoms. The lowest BCUT2D eigenvalue weighted by Crippen LogP contribution is -2.15. The van der Waals surface area contributed by atoms with Crippen LogP contribution in [0.3, 0.4) is 0 Å². The van der Waals surface area contributed by atoms with E-state index in [9.17, 15) is 0 Å². The average Bonchev–Trinajstić information content (AvgIpc) is 3.25. The number of rotatable bonds is 8. The van der Waals surface area contributed by atoms with Crippen molar-refractivity contribution in [3.8, 4) is 0 Å². The standard InChI is InChI=1S/C16H22N4O/c1-13(14-5-3-2-4-6-14)21-10-9-20-12-16(18-19-20)11-17-15-7-8-15/h2-6,12-13,15,17H,7-11H2,1H3. The Labute approximate surface area is 125 Å². The van der Waals surface area contributed by atoms with Gasteiger partial charge in [0.1, 0.15) is 0 Å². The smallest absolute Gasteiger partial charge is 0.0964 e. The van der Waals surface area contributed by atoms with Crippen molar-refractivity contribution in [3.05, 3.63) is 47.8 Å². The van der Waals surface area contributed by atoms with Crippen LogP contribution in [0.2, 0.25) is 0 Å². The summed E-state index contributed by atoms with van der Waals surface area (Å²) in [4.78, 5) is 0. The van der Waals surface area contributed by atoms with E-state index in [1.807, 2.05) is 29.1 Å². The molecule has 5 heteroatoms. The molecule has 1 heterocycles. The molecule has 2 aromatic rings. The van der Waals surface area contributed by atoms with E-state index in [1.54, 1.807) is 0 Å². The maximum atomic E-state index is 5.85. The molecule has 112 valence electrons. The van der Waals surface area contributed by atoms with Gasteiger partial charge in [-0.1, -0.05) is 35.5 Å². The molecule has 0 saturated heterocycles. The van der Waals surface area contributed by atoms with Gasteiger partial charge in [-0.05, 0) is 25.3 Å². The molecular formula is C16H22N4O. The molecule has 3 rings (SSSR count). The van der Waals surface area contributed by atoms with Crippen molar-refractivity contribution in [2.45, 2.75) is 45.0 Å². The van der Waals surface area contributed by atoms with E-state index in [0.717, 1.165) is 18.8 Å². The van der Waals surface area contributed by atoms with E-state index in [0.29, 0.717) is 12.6 Å². The second kappa shape index (κ2) is 6.83. The first-order valence-electron chi connectivity index (χ1n) is 7.60. The van der Waals surface area contributed by atoms with Crippen LogP contribution in [0.25, 0.3) is 0 Å². The van der Waals surface area contributed by atoms with Gasteiger partial charge in [0.05, 0.1) is 24.9 Å². The SMILES string of the molecule is CC(OCCn1cc(CNC2CC2)nn1)c1ccccc1. The highest BCUT2D eigenvalue weighted by atomic mass is 16.5. The van der Waals surface area contributed by atoms with Crippen LogP contribution < -0.4 is 5.32 Å². The number of hydrogen-bond donors (Lipinski definition) is 1. The van der Waals surface area contributed by atoms with Crippen LogP contribution in [0.15, 0.2) is 36.5 Å². The van der Waals surface area contributed by atoms with E-state index >= 15 is 0 Å². The zero-order chi connectivity index (χ0) is 14.5. The largest absolute Gasteiger partial charge is 0.372 e. The van der Waals surface area contributed by atoms with E-state index in [4.69, 9.17) is 4.74 Å². The van der Waals surface area contributed by atoms with Crippen LogP contribution in [-0.2, 0) is 17.8 Å². The quantitative estimate of drug-likeness (QED) is 0.809. The van der Waals surface area contributed by atoms with E-state index in [1.165, 1.54) is 18.4 Å². The predicted octanol–water partition coefficient (Wildman–Crippen LogP) is 2.31. The van der Waals surface area contributed by atoms with Crippen LogP contribution in [0.1, 0.15) is 37.1 Å². The molecule has 0 amide bonds. The van der Waals surface area contributed by atoms with Gasteiger partial charge in [0, 0.05) is 18.8 Å². The highest BCUT2D eigenvalue weighted by molar-refractivity contribution is 5.16. The molecule has 5 nitrogen and oxygen atoms in total. The predicted molar refractivity (Wildman–Crippen MR) is 80.7 cm³/mol. The number of nitrogens with zero attached hydrogens (tertiary/aromatic N) is 3. The van der Waals surface area contributed by atoms with Gasteiger partial charge in [-0.2, -0.15) is 0 Å². The molecule has 0 aliphatic heterocycles. The third-order valence-corrected chi connectivity index (χ3v) is 3.69. The van der Waals surface area contributed by atoms with Gasteiger partial charge in [0.15, 0.2) is 0 Å². The number of nitrogens with one attached hydrogen (secondary N) is 1. The first-order chi connectivity index (χ1) is 10.3. The molecule has 21 heavy (non-hydrogen) atoms. The topological polar surface area (TPSA) is 52.0 Å². The van der Waals surface area contributed by atoms with Crippen molar-refractivity contribution in [2.24, 2.45) is 0 Å². The molecule has 1 saturated carbocycles. The summed E-state index contributed by atoms with van der Waals surface area (Å²) in [5, 5.41) is 11.7. The molecule has 0 radical (unpaired) electrons. The Kier molecular flexibility index (Phi) is 4.62. The van der Waals surface area contributed by atoms with Gasteiger partial charge >= 0.3 is 0 Å². The van der Waals surface area contributed by atoms with Crippen LogP contribution in [0.4, 0.5) is 0 Å². The molecule has 1 atom stereocenters. The molecule has 1 aliphatic rings. The van der Waals surface area contributed by atoms with Crippen LogP contribution >= 0.6 is 0 Å². The molecule has 1 unspecified atom stereocenters. The third-order valence-electron chi connectivity index (χ3n) is 3.69. The number of hydrogen-bond acceptors (Lipinski definition) is 4. The maximum Gasteiger partial charge on any atom is 0.0964 e. The highest BCUT2D eigenvalue weighted by Gasteiger charge is 2.20. The van der Waals surface area contributed by atoms with Gasteiger partial charge in [-0.25, -0.2) is 4.68 Å². The first kappa shape index (κ1) is 14.2. The average molecular weight is 286 g/mol. The summed E-state index contributed by atoms with van der Waals surface area (Å²) < 4.78 is 7.69. The van der Waals surface area contributed by atoms with Gasteiger partial charge < -0.3 is 10.1 Å². The monoisotopic (exact) mass is 286 g/mol. The number of ether oxygens (including phenoxy) is 1. The summed E-state index contributed by atoms with van der Waals surface area (Å²) in [6.07, 6.45) is 4.68. The van der Waals surface area contributed by atoms with Gasteiger partial charge in [0.25, 0.3) is 0 Å². The lowest BCUT2D eigenvalue weighted by molar-refractivity contribution is 0.0580. The minimum Gasteiger partial charge on any atom is -0.372 e. The van der Waals surface area contributed by atoms with Crippen molar-refractivity contribution in [1.82, 2.24) is 20.3 Å². The second-order valence-electron chi connectivity index (χ2n) is 5.55. The van der Waals surface area contributed by atoms with Crippen molar-refractivity contribution >= 4 is 0 Å². The minimum absolute atomic E-state index is 0.103. The zero-order valence-electron chi connectivity index (χ0n) is 12.4. The lowest BCUT2D eigenvalue weighted by Gasteiger charge is -2.13. The van der Waals surface area contributed by atoms with Crippen LogP contribution in [0.5, 0.6) is 0 Å². The molecular weight excluding hydrogens is 264 g/mol. The summed E-state index contributed by atoms with van der Waals surface area (Å²) in [5.41, 5.74) is 2.20. The van der Waals surface area contributed by atoms with Crippen molar-refractivity contribution in [2.75, 3.05) is 6.61 Å². The fraction of sp³-hybridized carbons (Fsp3) is 0.500. The summed E-state index contributed by atoms with van der Waals surface area (Å²) in [6, 6.07) is 11.0. The third kappa shape index (κ3) is 4.37. The van der Waals surface area contributed by atoms with Crippen LogP contribution in [0, 0.1) is 0 Å². The zero-order valence-corrected chi connectivity index (χ0v) is 12.4. The van der Waals surface area contributed by atoms with Crippen molar-refractivity contribution in [1.29, 1.82) is 0 Å². The first-order valence-corrected chi connectivity index (χ1v) is 7.60. The Morgan fingerprint density at radius 2 is 2.14 bits per heavy atom. The fourth-order valence-corrected chi connectivity index (χ4v) is 2.21. The Bertz CT molecular complexity index is 550. The van der Waals surface area contributed by atoms with E-state index < -0.39 is 0 Å². The van der Waals surface area contributed by atoms with Gasteiger partial charge in [0.2, 0.25) is 0 Å². The lowest BCUT2D eigenvalue weighted by atomic mass is 10.1. The minimum atomic E-state index is 0.103. The molecule has 1 aromatic carbocycles. The fourth-order valence-electron chi connectivity index (χ4n) is 2.21. The summed E-state index contributed by atoms with van der Waals surface area (Å²) >= 11 is 0. The number of benzene rings is 1. The Balaban J connectivity index is 1.40. The Morgan fingerprint density at radius 1 is 1.33 bits per heavy atom. The molecule has 1 N–H and O–H groups in total. The summed E-state index contributed by atoms with van der Waals surface area (Å²) in [5.74, 6) is 0. The Morgan fingerprint density at radius 3 is 2.90 bits per heavy atom. The summed E-state index contributed by atoms with van der Waals surface area (Å²) in [6.45, 7) is 4.25. The maximum absolute atomic E-state index is 5.85. The van der Waals surface area contributed by atoms with Crippen molar-refractivity contribution < 1.29 is 4.74 Å². The van der Waals surface area contributed by atoms with E-state index in [-0.39, 0.29) is 6.10 Å². The molecule has 1 aromatic heterocycles. The normalized spacial score (nSPS) is 16.0. The molecule has 1 fully saturated rings. The number of aromatic nitrogens is 3. The summed E-state index contributed by atoms with van der Waals surface area (Å²) in [7, 11) is 0. The Hall–Kier alpha value is -1.72. The van der Waals surface area contributed by atoms with E-state index in [2.05, 4.69) is 34.7 Å². The van der Waals surface area contributed by atoms with Gasteiger partial charge in [-0.3, -0.25) is 0 Å². The van der Waals surface area contributed by atoms with Gasteiger partial charge in [-0.15, -0.1) is 5.10 Å². The molecule has 1 aliphatic carbocycles. The second-order valence-corrected chi connectivity index (χ2v) is 5.55.